The molecule has 0 unspecified atom stereocenters. The monoisotopic (exact) mass is 408 g/mol. The second-order valence-corrected chi connectivity index (χ2v) is 8.84. The molecule has 0 amide bonds. The van der Waals surface area contributed by atoms with Gasteiger partial charge in [-0.2, -0.15) is 0 Å². The van der Waals surface area contributed by atoms with Gasteiger partial charge < -0.3 is 4.98 Å². The van der Waals surface area contributed by atoms with Crippen LogP contribution < -0.4 is 0 Å². The molecule has 0 atom stereocenters. The minimum Gasteiger partial charge on any atom is -0.353 e. The molecule has 29 heavy (non-hydrogen) atoms. The highest BCUT2D eigenvalue weighted by molar-refractivity contribution is 7.13. The number of thiophene rings is 2. The standard InChI is InChI=1S/C25H16N2S2/c1-3-9-18-16(7-1)20(26-24(18)22-11-5-13-28-22)15-21-17-8-2-4-10-19(17)25(27-21)23-12-6-14-29-23/h1-15,26H/b21-15-. The van der Waals surface area contributed by atoms with Crippen LogP contribution in [-0.4, -0.2) is 10.7 Å². The van der Waals surface area contributed by atoms with Gasteiger partial charge in [0.15, 0.2) is 0 Å². The zero-order valence-electron chi connectivity index (χ0n) is 15.4. The van der Waals surface area contributed by atoms with E-state index in [1.54, 1.807) is 22.7 Å². The Morgan fingerprint density at radius 2 is 1.38 bits per heavy atom. The number of hydrogen-bond acceptors (Lipinski definition) is 3. The van der Waals surface area contributed by atoms with Gasteiger partial charge in [-0.05, 0) is 29.0 Å². The molecule has 2 nitrogen and oxygen atoms in total. The largest absolute Gasteiger partial charge is 0.353 e. The molecule has 0 saturated carbocycles. The van der Waals surface area contributed by atoms with E-state index in [1.165, 1.54) is 37.3 Å². The molecule has 6 rings (SSSR count). The molecule has 1 N–H and O–H groups in total. The molecule has 0 fully saturated rings. The van der Waals surface area contributed by atoms with Gasteiger partial charge in [0.05, 0.1) is 26.9 Å². The number of nitrogens with one attached hydrogen (secondary N) is 1. The van der Waals surface area contributed by atoms with Crippen molar-refractivity contribution in [3.63, 3.8) is 0 Å². The van der Waals surface area contributed by atoms with Crippen molar-refractivity contribution in [3.8, 4) is 10.6 Å². The second kappa shape index (κ2) is 6.69. The number of rotatable bonds is 3. The molecule has 5 aromatic rings. The summed E-state index contributed by atoms with van der Waals surface area (Å²) >= 11 is 3.49. The summed E-state index contributed by atoms with van der Waals surface area (Å²) in [6.07, 6.45) is 2.19. The fraction of sp³-hybridized carbons (Fsp3) is 0. The SMILES string of the molecule is C(=C1/N=C(c2cccs2)c2ccccc21)/c1[nH]c(-c2cccs2)c2ccccc12. The maximum atomic E-state index is 5.04. The number of aromatic amines is 1. The Kier molecular flexibility index (Phi) is 3.86. The van der Waals surface area contributed by atoms with E-state index in [0.29, 0.717) is 0 Å². The lowest BCUT2D eigenvalue weighted by Gasteiger charge is -2.00. The van der Waals surface area contributed by atoms with E-state index < -0.39 is 0 Å². The smallest absolute Gasteiger partial charge is 0.0888 e. The molecule has 0 radical (unpaired) electrons. The molecular formula is C25H16N2S2. The lowest BCUT2D eigenvalue weighted by Crippen LogP contribution is -1.96. The fourth-order valence-corrected chi connectivity index (χ4v) is 5.40. The summed E-state index contributed by atoms with van der Waals surface area (Å²) in [7, 11) is 0. The average Bonchev–Trinajstić information content (AvgIpc) is 3.55. The average molecular weight is 409 g/mol. The number of aromatic nitrogens is 1. The first kappa shape index (κ1) is 16.7. The Morgan fingerprint density at radius 3 is 2.14 bits per heavy atom. The quantitative estimate of drug-likeness (QED) is 0.324. The van der Waals surface area contributed by atoms with E-state index in [4.69, 9.17) is 4.99 Å². The van der Waals surface area contributed by atoms with Crippen LogP contribution in [0.4, 0.5) is 0 Å². The summed E-state index contributed by atoms with van der Waals surface area (Å²) in [6, 6.07) is 25.5. The van der Waals surface area contributed by atoms with Crippen molar-refractivity contribution >= 4 is 50.9 Å². The van der Waals surface area contributed by atoms with Gasteiger partial charge in [0.1, 0.15) is 0 Å². The number of nitrogens with zero attached hydrogens (tertiary/aromatic N) is 1. The van der Waals surface area contributed by atoms with Crippen molar-refractivity contribution in [2.24, 2.45) is 4.99 Å². The first-order valence-electron chi connectivity index (χ1n) is 9.47. The van der Waals surface area contributed by atoms with Crippen molar-refractivity contribution in [3.05, 3.63) is 105 Å². The Morgan fingerprint density at radius 1 is 0.690 bits per heavy atom. The lowest BCUT2D eigenvalue weighted by molar-refractivity contribution is 1.39. The predicted octanol–water partition coefficient (Wildman–Crippen LogP) is 7.31. The zero-order valence-corrected chi connectivity index (χ0v) is 17.1. The van der Waals surface area contributed by atoms with Crippen molar-refractivity contribution in [2.75, 3.05) is 0 Å². The van der Waals surface area contributed by atoms with Gasteiger partial charge in [0.2, 0.25) is 0 Å². The van der Waals surface area contributed by atoms with E-state index >= 15 is 0 Å². The van der Waals surface area contributed by atoms with Crippen LogP contribution in [0, 0.1) is 0 Å². The first-order chi connectivity index (χ1) is 14.4. The van der Waals surface area contributed by atoms with Crippen molar-refractivity contribution in [1.29, 1.82) is 0 Å². The Balaban J connectivity index is 1.56. The fourth-order valence-electron chi connectivity index (χ4n) is 3.94. The predicted molar refractivity (Wildman–Crippen MR) is 126 cm³/mol. The molecule has 4 heterocycles. The molecule has 0 bridgehead atoms. The number of benzene rings is 2. The van der Waals surface area contributed by atoms with Crippen LogP contribution in [0.25, 0.3) is 33.1 Å². The molecule has 0 spiro atoms. The van der Waals surface area contributed by atoms with Gasteiger partial charge in [-0.25, -0.2) is 4.99 Å². The number of hydrogen-bond donors (Lipinski definition) is 1. The molecule has 0 aliphatic carbocycles. The zero-order chi connectivity index (χ0) is 19.2. The van der Waals surface area contributed by atoms with E-state index in [-0.39, 0.29) is 0 Å². The minimum atomic E-state index is 1.01. The topological polar surface area (TPSA) is 28.1 Å². The minimum absolute atomic E-state index is 1.01. The van der Waals surface area contributed by atoms with Crippen molar-refractivity contribution in [1.82, 2.24) is 4.98 Å². The second-order valence-electron chi connectivity index (χ2n) is 6.95. The normalized spacial score (nSPS) is 14.5. The number of H-pyrrole nitrogens is 1. The Labute approximate surface area is 176 Å². The highest BCUT2D eigenvalue weighted by Crippen LogP contribution is 2.37. The summed E-state index contributed by atoms with van der Waals surface area (Å²) in [5.41, 5.74) is 6.74. The highest BCUT2D eigenvalue weighted by Gasteiger charge is 2.22. The number of aliphatic imine (C=N–C) groups is 1. The van der Waals surface area contributed by atoms with Crippen molar-refractivity contribution < 1.29 is 0 Å². The maximum absolute atomic E-state index is 5.04. The summed E-state index contributed by atoms with van der Waals surface area (Å²) in [5, 5.41) is 6.69. The summed E-state index contributed by atoms with van der Waals surface area (Å²) in [6.45, 7) is 0. The molecule has 138 valence electrons. The Hall–Kier alpha value is -3.21. The van der Waals surface area contributed by atoms with Crippen LogP contribution in [0.2, 0.25) is 0 Å². The Bertz CT molecular complexity index is 1380. The molecule has 4 heteroatoms. The maximum Gasteiger partial charge on any atom is 0.0888 e. The van der Waals surface area contributed by atoms with Gasteiger partial charge in [0, 0.05) is 27.6 Å². The van der Waals surface area contributed by atoms with Gasteiger partial charge >= 0.3 is 0 Å². The number of fused-ring (bicyclic) bond motifs is 2. The van der Waals surface area contributed by atoms with E-state index in [9.17, 15) is 0 Å². The van der Waals surface area contributed by atoms with E-state index in [2.05, 4.69) is 94.6 Å². The van der Waals surface area contributed by atoms with E-state index in [0.717, 1.165) is 17.1 Å². The van der Waals surface area contributed by atoms with Crippen LogP contribution in [0.5, 0.6) is 0 Å². The molecule has 1 aliphatic heterocycles. The molecule has 0 saturated heterocycles. The highest BCUT2D eigenvalue weighted by atomic mass is 32.1. The van der Waals surface area contributed by atoms with E-state index in [1.807, 2.05) is 0 Å². The molecule has 2 aromatic carbocycles. The van der Waals surface area contributed by atoms with Crippen LogP contribution in [0.3, 0.4) is 0 Å². The first-order valence-corrected chi connectivity index (χ1v) is 11.2. The van der Waals surface area contributed by atoms with Crippen LogP contribution >= 0.6 is 22.7 Å². The third-order valence-electron chi connectivity index (χ3n) is 5.24. The van der Waals surface area contributed by atoms with Gasteiger partial charge in [-0.3, -0.25) is 0 Å². The summed E-state index contributed by atoms with van der Waals surface area (Å²) in [5.74, 6) is 0. The van der Waals surface area contributed by atoms with Gasteiger partial charge in [0.25, 0.3) is 0 Å². The van der Waals surface area contributed by atoms with Gasteiger partial charge in [-0.15, -0.1) is 22.7 Å². The summed E-state index contributed by atoms with van der Waals surface area (Å²) < 4.78 is 0. The van der Waals surface area contributed by atoms with Crippen molar-refractivity contribution in [2.45, 2.75) is 0 Å². The molecule has 1 aliphatic rings. The van der Waals surface area contributed by atoms with Crippen LogP contribution in [0.15, 0.2) is 88.5 Å². The van der Waals surface area contributed by atoms with Crippen LogP contribution in [0.1, 0.15) is 21.7 Å². The third-order valence-corrected chi connectivity index (χ3v) is 7.00. The van der Waals surface area contributed by atoms with Crippen LogP contribution in [-0.2, 0) is 0 Å². The summed E-state index contributed by atoms with van der Waals surface area (Å²) in [4.78, 5) is 11.2. The molecule has 3 aromatic heterocycles. The molecular weight excluding hydrogens is 392 g/mol. The third kappa shape index (κ3) is 2.72. The lowest BCUT2D eigenvalue weighted by atomic mass is 10.0. The van der Waals surface area contributed by atoms with Gasteiger partial charge in [-0.1, -0.05) is 60.7 Å².